The summed E-state index contributed by atoms with van der Waals surface area (Å²) >= 11 is 0. The topological polar surface area (TPSA) is 62.6 Å². The second kappa shape index (κ2) is 9.29. The Morgan fingerprint density at radius 2 is 1.94 bits per heavy atom. The minimum atomic E-state index is -0.285. The first-order chi connectivity index (χ1) is 16.2. The number of carbonyl (C=O) groups is 1. The average molecular weight is 464 g/mol. The van der Waals surface area contributed by atoms with Crippen molar-refractivity contribution in [2.75, 3.05) is 33.1 Å². The predicted octanol–water partition coefficient (Wildman–Crippen LogP) is 4.75. The fourth-order valence-electron chi connectivity index (χ4n) is 5.61. The summed E-state index contributed by atoms with van der Waals surface area (Å²) in [4.78, 5) is 22.6. The van der Waals surface area contributed by atoms with Crippen molar-refractivity contribution in [3.8, 4) is 5.75 Å². The highest BCUT2D eigenvalue weighted by Gasteiger charge is 2.47. The van der Waals surface area contributed by atoms with Crippen LogP contribution in [-0.4, -0.2) is 65.2 Å². The molecule has 0 radical (unpaired) electrons. The van der Waals surface area contributed by atoms with E-state index >= 15 is 0 Å². The van der Waals surface area contributed by atoms with Gasteiger partial charge in [-0.2, -0.15) is 0 Å². The van der Waals surface area contributed by atoms with E-state index in [1.165, 1.54) is 11.1 Å². The van der Waals surface area contributed by atoms with Crippen molar-refractivity contribution < 1.29 is 9.53 Å². The molecule has 2 atom stereocenters. The van der Waals surface area contributed by atoms with Crippen molar-refractivity contribution in [3.63, 3.8) is 0 Å². The number of imidazole rings is 1. The lowest BCUT2D eigenvalue weighted by Crippen LogP contribution is -2.63. The zero-order valence-corrected chi connectivity index (χ0v) is 21.4. The van der Waals surface area contributed by atoms with Crippen LogP contribution in [0.15, 0.2) is 42.5 Å². The highest BCUT2D eigenvalue weighted by Crippen LogP contribution is 2.42. The highest BCUT2D eigenvalue weighted by atomic mass is 16.5. The number of likely N-dealkylation sites (N-methyl/N-ethyl adjacent to an activating group) is 2. The number of benzene rings is 2. The van der Waals surface area contributed by atoms with Gasteiger partial charge in [-0.15, -0.1) is 0 Å². The van der Waals surface area contributed by atoms with Crippen LogP contribution in [0, 0.1) is 0 Å². The Kier molecular flexibility index (Phi) is 6.58. The maximum atomic E-state index is 13.7. The van der Waals surface area contributed by atoms with Crippen LogP contribution in [0.2, 0.25) is 0 Å². The molecule has 0 aliphatic heterocycles. The molecule has 0 saturated heterocycles. The van der Waals surface area contributed by atoms with E-state index in [1.807, 2.05) is 46.8 Å². The van der Waals surface area contributed by atoms with Gasteiger partial charge >= 0.3 is 6.03 Å². The molecule has 1 aliphatic rings. The molecule has 7 nitrogen and oxygen atoms in total. The number of aromatic nitrogens is 2. The summed E-state index contributed by atoms with van der Waals surface area (Å²) in [6.45, 7) is 10.3. The molecule has 0 unspecified atom stereocenters. The second-order valence-electron chi connectivity index (χ2n) is 9.74. The molecule has 1 aliphatic carbocycles. The number of carbonyl (C=O) groups excluding carboxylic acids is 1. The summed E-state index contributed by atoms with van der Waals surface area (Å²) in [5.74, 6) is 1.42. The first-order valence-electron chi connectivity index (χ1n) is 12.1. The number of aryl methyl sites for hydroxylation is 1. The molecule has 2 amide bonds. The van der Waals surface area contributed by atoms with Gasteiger partial charge in [0.2, 0.25) is 5.95 Å². The molecule has 0 bridgehead atoms. The van der Waals surface area contributed by atoms with Crippen molar-refractivity contribution in [2.24, 2.45) is 0 Å². The monoisotopic (exact) mass is 463 g/mol. The number of nitrogens with zero attached hydrogens (tertiary/aromatic N) is 4. The third-order valence-electron chi connectivity index (χ3n) is 7.54. The van der Waals surface area contributed by atoms with Gasteiger partial charge in [0.25, 0.3) is 0 Å². The van der Waals surface area contributed by atoms with Gasteiger partial charge in [-0.3, -0.25) is 5.32 Å². The minimum absolute atomic E-state index is 0.0449. The summed E-state index contributed by atoms with van der Waals surface area (Å²) in [6.07, 6.45) is 0.878. The fraction of sp³-hybridized carbons (Fsp3) is 0.481. The van der Waals surface area contributed by atoms with Gasteiger partial charge in [0, 0.05) is 25.0 Å². The fourth-order valence-corrected chi connectivity index (χ4v) is 5.61. The lowest BCUT2D eigenvalue weighted by Gasteiger charge is -2.51. The molecule has 1 N–H and O–H groups in total. The third kappa shape index (κ3) is 4.02. The number of nitrogens with one attached hydrogen (secondary N) is 1. The van der Waals surface area contributed by atoms with Crippen molar-refractivity contribution in [3.05, 3.63) is 53.6 Å². The van der Waals surface area contributed by atoms with E-state index in [9.17, 15) is 4.79 Å². The lowest BCUT2D eigenvalue weighted by atomic mass is 9.66. The van der Waals surface area contributed by atoms with Crippen LogP contribution >= 0.6 is 0 Å². The Morgan fingerprint density at radius 3 is 2.62 bits per heavy atom. The smallest absolute Gasteiger partial charge is 0.324 e. The molecule has 0 spiro atoms. The molecule has 1 aromatic heterocycles. The maximum Gasteiger partial charge on any atom is 0.324 e. The number of urea groups is 1. The van der Waals surface area contributed by atoms with Crippen molar-refractivity contribution in [1.82, 2.24) is 19.4 Å². The van der Waals surface area contributed by atoms with Gasteiger partial charge in [-0.25, -0.2) is 9.78 Å². The molecule has 0 fully saturated rings. The largest absolute Gasteiger partial charge is 0.497 e. The van der Waals surface area contributed by atoms with Gasteiger partial charge in [0.1, 0.15) is 5.75 Å². The van der Waals surface area contributed by atoms with Crippen LogP contribution in [0.4, 0.5) is 10.7 Å². The molecule has 1 heterocycles. The van der Waals surface area contributed by atoms with Gasteiger partial charge in [0.05, 0.1) is 24.2 Å². The molecule has 34 heavy (non-hydrogen) atoms. The van der Waals surface area contributed by atoms with Crippen LogP contribution in [-0.2, 0) is 18.4 Å². The summed E-state index contributed by atoms with van der Waals surface area (Å²) in [5, 5.41) is 3.11. The van der Waals surface area contributed by atoms with E-state index in [0.717, 1.165) is 36.3 Å². The molecule has 182 valence electrons. The van der Waals surface area contributed by atoms with E-state index in [-0.39, 0.29) is 23.5 Å². The molecule has 2 aromatic carbocycles. The SMILES string of the molecule is CCN(C)[C@@H]1Cc2ccc(OC)cc2C(C)(C)[C@H]1N(C)C(=O)Nc1nc2ccccc2n1CC. The first kappa shape index (κ1) is 24.1. The molecule has 4 rings (SSSR count). The van der Waals surface area contributed by atoms with Crippen LogP contribution in [0.1, 0.15) is 38.8 Å². The Bertz CT molecular complexity index is 1180. The number of fused-ring (bicyclic) bond motifs is 2. The normalized spacial score (nSPS) is 19.2. The van der Waals surface area contributed by atoms with Crippen LogP contribution in [0.25, 0.3) is 11.0 Å². The summed E-state index contributed by atoms with van der Waals surface area (Å²) in [6, 6.07) is 14.3. The molecular formula is C27H37N5O2. The number of methoxy groups -OCH3 is 1. The average Bonchev–Trinajstić information content (AvgIpc) is 3.19. The van der Waals surface area contributed by atoms with Crippen LogP contribution in [0.3, 0.4) is 0 Å². The summed E-state index contributed by atoms with van der Waals surface area (Å²) in [7, 11) is 5.75. The second-order valence-corrected chi connectivity index (χ2v) is 9.74. The number of para-hydroxylation sites is 2. The number of rotatable bonds is 6. The maximum absolute atomic E-state index is 13.7. The van der Waals surface area contributed by atoms with Gasteiger partial charge in [0.15, 0.2) is 0 Å². The Hall–Kier alpha value is -3.06. The van der Waals surface area contributed by atoms with Crippen molar-refractivity contribution in [1.29, 1.82) is 0 Å². The van der Waals surface area contributed by atoms with Gasteiger partial charge in [-0.1, -0.05) is 39.0 Å². The summed E-state index contributed by atoms with van der Waals surface area (Å²) in [5.41, 5.74) is 4.16. The minimum Gasteiger partial charge on any atom is -0.497 e. The Labute approximate surface area is 202 Å². The van der Waals surface area contributed by atoms with E-state index in [4.69, 9.17) is 9.72 Å². The van der Waals surface area contributed by atoms with Gasteiger partial charge in [-0.05, 0) is 62.3 Å². The molecular weight excluding hydrogens is 426 g/mol. The molecule has 0 saturated carbocycles. The van der Waals surface area contributed by atoms with E-state index in [1.54, 1.807) is 7.11 Å². The Morgan fingerprint density at radius 1 is 1.21 bits per heavy atom. The zero-order valence-electron chi connectivity index (χ0n) is 21.4. The van der Waals surface area contributed by atoms with Crippen LogP contribution < -0.4 is 10.1 Å². The van der Waals surface area contributed by atoms with E-state index in [2.05, 4.69) is 57.1 Å². The van der Waals surface area contributed by atoms with E-state index in [0.29, 0.717) is 5.95 Å². The quantitative estimate of drug-likeness (QED) is 0.573. The number of amides is 2. The summed E-state index contributed by atoms with van der Waals surface area (Å²) < 4.78 is 7.58. The lowest BCUT2D eigenvalue weighted by molar-refractivity contribution is 0.0782. The first-order valence-corrected chi connectivity index (χ1v) is 12.1. The third-order valence-corrected chi connectivity index (χ3v) is 7.54. The number of hydrogen-bond donors (Lipinski definition) is 1. The highest BCUT2D eigenvalue weighted by molar-refractivity contribution is 5.90. The Balaban J connectivity index is 1.70. The zero-order chi connectivity index (χ0) is 24.6. The number of ether oxygens (including phenoxy) is 1. The standard InChI is InChI=1S/C27H37N5O2/c1-8-30(5)23-16-18-14-15-19(34-7)17-20(18)27(3,4)24(23)31(6)26(33)29-25-28-21-12-10-11-13-22(21)32(25)9-2/h10-15,17,23-24H,8-9,16H2,1-7H3,(H,28,29,33)/t23-,24+/m1/s1. The van der Waals surface area contributed by atoms with Crippen molar-refractivity contribution >= 4 is 23.0 Å². The van der Waals surface area contributed by atoms with E-state index < -0.39 is 0 Å². The molecule has 7 heteroatoms. The van der Waals surface area contributed by atoms with Crippen LogP contribution in [0.5, 0.6) is 5.75 Å². The number of anilines is 1. The van der Waals surface area contributed by atoms with Gasteiger partial charge < -0.3 is 19.1 Å². The van der Waals surface area contributed by atoms with Crippen molar-refractivity contribution in [2.45, 2.75) is 58.2 Å². The number of hydrogen-bond acceptors (Lipinski definition) is 4. The predicted molar refractivity (Wildman–Crippen MR) is 138 cm³/mol. The molecule has 3 aromatic rings.